The van der Waals surface area contributed by atoms with Gasteiger partial charge in [0.25, 0.3) is 0 Å². The number of hydrogen-bond donors (Lipinski definition) is 0. The third kappa shape index (κ3) is 3.46. The van der Waals surface area contributed by atoms with Crippen LogP contribution in [0, 0.1) is 13.8 Å². The number of rotatable bonds is 3. The van der Waals surface area contributed by atoms with E-state index in [9.17, 15) is 0 Å². The lowest BCUT2D eigenvalue weighted by Crippen LogP contribution is -2.40. The van der Waals surface area contributed by atoms with Crippen molar-refractivity contribution in [3.63, 3.8) is 0 Å². The predicted molar refractivity (Wildman–Crippen MR) is 147 cm³/mol. The first-order valence-electron chi connectivity index (χ1n) is 12.3. The SMILES string of the molecule is Cc1ccc(-c2ccccc2)cc1N(c1c(C)ccc2c1C(C)(C)c1ccccc1-2)C(C)(C)C. The maximum atomic E-state index is 2.59. The highest BCUT2D eigenvalue weighted by Crippen LogP contribution is 2.55. The lowest BCUT2D eigenvalue weighted by molar-refractivity contribution is 0.551. The minimum Gasteiger partial charge on any atom is -0.335 e. The molecule has 34 heavy (non-hydrogen) atoms. The number of benzene rings is 4. The molecule has 1 nitrogen and oxygen atoms in total. The zero-order chi connectivity index (χ0) is 24.3. The average Bonchev–Trinajstić information content (AvgIpc) is 3.03. The summed E-state index contributed by atoms with van der Waals surface area (Å²) < 4.78 is 0. The van der Waals surface area contributed by atoms with Crippen molar-refractivity contribution in [1.82, 2.24) is 0 Å². The number of anilines is 2. The molecular weight excluding hydrogens is 410 g/mol. The summed E-state index contributed by atoms with van der Waals surface area (Å²) in [4.78, 5) is 2.59. The van der Waals surface area contributed by atoms with E-state index in [-0.39, 0.29) is 11.0 Å². The van der Waals surface area contributed by atoms with E-state index in [4.69, 9.17) is 0 Å². The zero-order valence-electron chi connectivity index (χ0n) is 21.5. The molecule has 1 heteroatoms. The Morgan fingerprint density at radius 1 is 0.647 bits per heavy atom. The molecule has 0 unspecified atom stereocenters. The topological polar surface area (TPSA) is 3.24 Å². The predicted octanol–water partition coefficient (Wildman–Crippen LogP) is 9.21. The second-order valence-electron chi connectivity index (χ2n) is 11.2. The molecular formula is C33H35N. The van der Waals surface area contributed by atoms with Crippen molar-refractivity contribution in [2.24, 2.45) is 0 Å². The van der Waals surface area contributed by atoms with Crippen molar-refractivity contribution in [1.29, 1.82) is 0 Å². The molecule has 0 saturated heterocycles. The molecule has 0 N–H and O–H groups in total. The Kier molecular flexibility index (Phi) is 5.20. The van der Waals surface area contributed by atoms with E-state index in [2.05, 4.69) is 138 Å². The van der Waals surface area contributed by atoms with Crippen LogP contribution in [0.3, 0.4) is 0 Å². The fourth-order valence-corrected chi connectivity index (χ4v) is 5.72. The van der Waals surface area contributed by atoms with Crippen LogP contribution in [0.5, 0.6) is 0 Å². The van der Waals surface area contributed by atoms with Crippen LogP contribution in [0.4, 0.5) is 11.4 Å². The first-order valence-corrected chi connectivity index (χ1v) is 12.3. The van der Waals surface area contributed by atoms with Crippen molar-refractivity contribution in [2.75, 3.05) is 4.90 Å². The van der Waals surface area contributed by atoms with Gasteiger partial charge in [-0.25, -0.2) is 0 Å². The summed E-state index contributed by atoms with van der Waals surface area (Å²) in [6, 6.07) is 31.2. The van der Waals surface area contributed by atoms with Crippen LogP contribution in [-0.4, -0.2) is 5.54 Å². The lowest BCUT2D eigenvalue weighted by atomic mass is 9.80. The van der Waals surface area contributed by atoms with Gasteiger partial charge in [0.15, 0.2) is 0 Å². The smallest absolute Gasteiger partial charge is 0.0493 e. The molecule has 0 amide bonds. The number of fused-ring (bicyclic) bond motifs is 3. The third-order valence-electron chi connectivity index (χ3n) is 7.35. The van der Waals surface area contributed by atoms with Crippen LogP contribution in [0.2, 0.25) is 0 Å². The van der Waals surface area contributed by atoms with Crippen molar-refractivity contribution in [2.45, 2.75) is 59.4 Å². The van der Waals surface area contributed by atoms with Crippen LogP contribution >= 0.6 is 0 Å². The fourth-order valence-electron chi connectivity index (χ4n) is 5.72. The second-order valence-corrected chi connectivity index (χ2v) is 11.2. The highest BCUT2D eigenvalue weighted by atomic mass is 15.2. The first-order chi connectivity index (χ1) is 16.1. The largest absolute Gasteiger partial charge is 0.335 e. The van der Waals surface area contributed by atoms with Crippen LogP contribution in [0.15, 0.2) is 84.9 Å². The Bertz CT molecular complexity index is 1370. The fraction of sp³-hybridized carbons (Fsp3) is 0.273. The summed E-state index contributed by atoms with van der Waals surface area (Å²) in [7, 11) is 0. The van der Waals surface area contributed by atoms with Crippen molar-refractivity contribution in [3.8, 4) is 22.3 Å². The molecule has 0 spiro atoms. The van der Waals surface area contributed by atoms with Crippen LogP contribution in [0.25, 0.3) is 22.3 Å². The van der Waals surface area contributed by atoms with Gasteiger partial charge < -0.3 is 4.90 Å². The van der Waals surface area contributed by atoms with Gasteiger partial charge in [0, 0.05) is 22.3 Å². The number of hydrogen-bond acceptors (Lipinski definition) is 1. The van der Waals surface area contributed by atoms with E-state index in [0.29, 0.717) is 0 Å². The summed E-state index contributed by atoms with van der Waals surface area (Å²) in [6.07, 6.45) is 0. The molecule has 172 valence electrons. The monoisotopic (exact) mass is 445 g/mol. The molecule has 1 aliphatic rings. The number of aryl methyl sites for hydroxylation is 2. The third-order valence-corrected chi connectivity index (χ3v) is 7.35. The summed E-state index contributed by atoms with van der Waals surface area (Å²) in [6.45, 7) is 16.3. The number of nitrogens with zero attached hydrogens (tertiary/aromatic N) is 1. The van der Waals surface area contributed by atoms with Crippen molar-refractivity contribution < 1.29 is 0 Å². The molecule has 0 aromatic heterocycles. The summed E-state index contributed by atoms with van der Waals surface area (Å²) in [5.41, 5.74) is 13.2. The van der Waals surface area contributed by atoms with E-state index in [1.165, 1.54) is 55.9 Å². The summed E-state index contributed by atoms with van der Waals surface area (Å²) in [5.74, 6) is 0. The lowest BCUT2D eigenvalue weighted by Gasteiger charge is -2.42. The average molecular weight is 446 g/mol. The maximum absolute atomic E-state index is 2.59. The zero-order valence-corrected chi connectivity index (χ0v) is 21.5. The molecule has 0 atom stereocenters. The quantitative estimate of drug-likeness (QED) is 0.304. The molecule has 0 bridgehead atoms. The summed E-state index contributed by atoms with van der Waals surface area (Å²) >= 11 is 0. The van der Waals surface area contributed by atoms with Gasteiger partial charge in [0.05, 0.1) is 0 Å². The molecule has 4 aromatic rings. The summed E-state index contributed by atoms with van der Waals surface area (Å²) in [5, 5.41) is 0. The minimum absolute atomic E-state index is 0.0677. The van der Waals surface area contributed by atoms with Crippen molar-refractivity contribution in [3.05, 3.63) is 107 Å². The van der Waals surface area contributed by atoms with E-state index >= 15 is 0 Å². The van der Waals surface area contributed by atoms with Gasteiger partial charge in [-0.05, 0) is 85.2 Å². The second kappa shape index (κ2) is 7.87. The molecule has 0 radical (unpaired) electrons. The van der Waals surface area contributed by atoms with E-state index in [1.54, 1.807) is 0 Å². The molecule has 0 fully saturated rings. The minimum atomic E-state index is -0.106. The first kappa shape index (κ1) is 22.5. The van der Waals surface area contributed by atoms with Crippen LogP contribution in [-0.2, 0) is 5.41 Å². The molecule has 0 heterocycles. The van der Waals surface area contributed by atoms with Gasteiger partial charge in [-0.1, -0.05) is 92.7 Å². The standard InChI is InChI=1S/C33H35N/c1-22-17-19-25(24-13-9-8-10-14-24)21-29(22)34(32(3,4)5)31-23(2)18-20-27-26-15-11-12-16-28(26)33(6,7)30(27)31/h8-21H,1-7H3. The Hall–Kier alpha value is -3.32. The van der Waals surface area contributed by atoms with E-state index < -0.39 is 0 Å². The molecule has 1 aliphatic carbocycles. The van der Waals surface area contributed by atoms with E-state index in [0.717, 1.165) is 0 Å². The Morgan fingerprint density at radius 3 is 2.00 bits per heavy atom. The highest BCUT2D eigenvalue weighted by Gasteiger charge is 2.41. The van der Waals surface area contributed by atoms with Gasteiger partial charge in [0.1, 0.15) is 0 Å². The van der Waals surface area contributed by atoms with Crippen LogP contribution in [0.1, 0.15) is 56.9 Å². The molecule has 0 saturated carbocycles. The van der Waals surface area contributed by atoms with E-state index in [1.807, 2.05) is 0 Å². The van der Waals surface area contributed by atoms with Crippen molar-refractivity contribution >= 4 is 11.4 Å². The Balaban J connectivity index is 1.80. The Labute approximate surface area is 205 Å². The van der Waals surface area contributed by atoms with Gasteiger partial charge in [-0.3, -0.25) is 0 Å². The molecule has 5 rings (SSSR count). The van der Waals surface area contributed by atoms with Crippen LogP contribution < -0.4 is 4.90 Å². The van der Waals surface area contributed by atoms with Gasteiger partial charge in [0.2, 0.25) is 0 Å². The highest BCUT2D eigenvalue weighted by molar-refractivity contribution is 5.90. The normalized spacial score (nSPS) is 14.0. The maximum Gasteiger partial charge on any atom is 0.0493 e. The molecule has 0 aliphatic heterocycles. The van der Waals surface area contributed by atoms with Gasteiger partial charge in [-0.2, -0.15) is 0 Å². The van der Waals surface area contributed by atoms with Gasteiger partial charge in [-0.15, -0.1) is 0 Å². The molecule has 4 aromatic carbocycles. The van der Waals surface area contributed by atoms with Gasteiger partial charge >= 0.3 is 0 Å². The Morgan fingerprint density at radius 2 is 1.29 bits per heavy atom.